The summed E-state index contributed by atoms with van der Waals surface area (Å²) >= 11 is 6.94. The molecule has 0 atom stereocenters. The Morgan fingerprint density at radius 1 is 1.16 bits per heavy atom. The molecular weight excluding hydrogens is 370 g/mol. The molecule has 0 amide bonds. The summed E-state index contributed by atoms with van der Waals surface area (Å²) in [5.74, 6) is 1.79. The first-order valence-corrected chi connectivity index (χ1v) is 8.63. The Labute approximate surface area is 132 Å². The molecule has 19 heavy (non-hydrogen) atoms. The van der Waals surface area contributed by atoms with Crippen molar-refractivity contribution in [3.05, 3.63) is 27.1 Å². The Balaban J connectivity index is 1.61. The van der Waals surface area contributed by atoms with Gasteiger partial charge in [0.05, 0.1) is 4.47 Å². The minimum Gasteiger partial charge on any atom is -0.491 e. The highest BCUT2D eigenvalue weighted by molar-refractivity contribution is 9.11. The third-order valence-corrected chi connectivity index (χ3v) is 4.70. The minimum absolute atomic E-state index is 0.715. The van der Waals surface area contributed by atoms with E-state index in [1.54, 1.807) is 0 Å². The van der Waals surface area contributed by atoms with E-state index in [0.29, 0.717) is 6.61 Å². The Morgan fingerprint density at radius 2 is 1.95 bits per heavy atom. The largest absolute Gasteiger partial charge is 0.491 e. The third-order valence-electron chi connectivity index (χ3n) is 3.59. The van der Waals surface area contributed by atoms with Crippen LogP contribution >= 0.6 is 31.9 Å². The van der Waals surface area contributed by atoms with Gasteiger partial charge in [0, 0.05) is 11.0 Å². The molecule has 0 spiro atoms. The monoisotopic (exact) mass is 389 g/mol. The summed E-state index contributed by atoms with van der Waals surface area (Å²) in [4.78, 5) is 0. The standard InChI is InChI=1S/C15H21Br2NO/c16-13-6-7-15(14(17)10-13)19-9-8-18-11-12-4-2-1-3-5-12/h6-7,10,12,18H,1-5,8-9,11H2. The zero-order valence-corrected chi connectivity index (χ0v) is 14.3. The first-order valence-electron chi connectivity index (χ1n) is 7.04. The molecular formula is C15H21Br2NO. The topological polar surface area (TPSA) is 21.3 Å². The predicted octanol–water partition coefficient (Wildman–Crippen LogP) is 4.76. The van der Waals surface area contributed by atoms with Crippen LogP contribution in [-0.2, 0) is 0 Å². The normalized spacial score (nSPS) is 16.5. The van der Waals surface area contributed by atoms with Crippen molar-refractivity contribution in [1.29, 1.82) is 0 Å². The molecule has 2 nitrogen and oxygen atoms in total. The first kappa shape index (κ1) is 15.3. The predicted molar refractivity (Wildman–Crippen MR) is 86.8 cm³/mol. The molecule has 0 radical (unpaired) electrons. The maximum atomic E-state index is 5.75. The van der Waals surface area contributed by atoms with Crippen LogP contribution in [0.1, 0.15) is 32.1 Å². The van der Waals surface area contributed by atoms with Gasteiger partial charge in [0.1, 0.15) is 12.4 Å². The van der Waals surface area contributed by atoms with Crippen LogP contribution in [0.5, 0.6) is 5.75 Å². The number of rotatable bonds is 6. The van der Waals surface area contributed by atoms with Crippen molar-refractivity contribution in [3.63, 3.8) is 0 Å². The van der Waals surface area contributed by atoms with Gasteiger partial charge in [-0.05, 0) is 59.4 Å². The summed E-state index contributed by atoms with van der Waals surface area (Å²) < 4.78 is 7.80. The molecule has 0 saturated heterocycles. The van der Waals surface area contributed by atoms with Crippen LogP contribution in [0.25, 0.3) is 0 Å². The quantitative estimate of drug-likeness (QED) is 0.707. The van der Waals surface area contributed by atoms with Gasteiger partial charge < -0.3 is 10.1 Å². The van der Waals surface area contributed by atoms with Gasteiger partial charge in [0.2, 0.25) is 0 Å². The number of hydrogen-bond donors (Lipinski definition) is 1. The Kier molecular flexibility index (Phi) is 6.68. The molecule has 4 heteroatoms. The summed E-state index contributed by atoms with van der Waals surface area (Å²) in [5, 5.41) is 3.51. The van der Waals surface area contributed by atoms with Crippen LogP contribution < -0.4 is 10.1 Å². The van der Waals surface area contributed by atoms with Crippen LogP contribution in [-0.4, -0.2) is 19.7 Å². The average molecular weight is 391 g/mol. The summed E-state index contributed by atoms with van der Waals surface area (Å²) in [5.41, 5.74) is 0. The Morgan fingerprint density at radius 3 is 2.68 bits per heavy atom. The number of ether oxygens (including phenoxy) is 1. The van der Waals surface area contributed by atoms with E-state index in [4.69, 9.17) is 4.74 Å². The smallest absolute Gasteiger partial charge is 0.133 e. The number of hydrogen-bond acceptors (Lipinski definition) is 2. The van der Waals surface area contributed by atoms with E-state index in [-0.39, 0.29) is 0 Å². The summed E-state index contributed by atoms with van der Waals surface area (Å²) in [6.07, 6.45) is 7.04. The van der Waals surface area contributed by atoms with E-state index >= 15 is 0 Å². The molecule has 1 aliphatic carbocycles. The zero-order chi connectivity index (χ0) is 13.5. The number of benzene rings is 1. The average Bonchev–Trinajstić information content (AvgIpc) is 2.42. The van der Waals surface area contributed by atoms with Crippen LogP contribution in [0.15, 0.2) is 27.1 Å². The van der Waals surface area contributed by atoms with Crippen LogP contribution in [0.3, 0.4) is 0 Å². The van der Waals surface area contributed by atoms with Crippen molar-refractivity contribution in [3.8, 4) is 5.75 Å². The highest BCUT2D eigenvalue weighted by Gasteiger charge is 2.12. The molecule has 1 saturated carbocycles. The lowest BCUT2D eigenvalue weighted by atomic mass is 9.89. The van der Waals surface area contributed by atoms with E-state index in [1.165, 1.54) is 32.1 Å². The molecule has 0 aromatic heterocycles. The zero-order valence-electron chi connectivity index (χ0n) is 11.1. The second kappa shape index (κ2) is 8.28. The number of nitrogens with one attached hydrogen (secondary N) is 1. The molecule has 106 valence electrons. The first-order chi connectivity index (χ1) is 9.25. The summed E-state index contributed by atoms with van der Waals surface area (Å²) in [6, 6.07) is 5.98. The van der Waals surface area contributed by atoms with Gasteiger partial charge in [-0.15, -0.1) is 0 Å². The SMILES string of the molecule is Brc1ccc(OCCNCC2CCCCC2)c(Br)c1. The van der Waals surface area contributed by atoms with Crippen molar-refractivity contribution < 1.29 is 4.74 Å². The van der Waals surface area contributed by atoms with Crippen molar-refractivity contribution in [1.82, 2.24) is 5.32 Å². The molecule has 1 aromatic carbocycles. The van der Waals surface area contributed by atoms with E-state index in [0.717, 1.165) is 33.7 Å². The molecule has 0 bridgehead atoms. The Bertz CT molecular complexity index is 392. The minimum atomic E-state index is 0.715. The lowest BCUT2D eigenvalue weighted by Crippen LogP contribution is -2.28. The van der Waals surface area contributed by atoms with Gasteiger partial charge >= 0.3 is 0 Å². The maximum Gasteiger partial charge on any atom is 0.133 e. The van der Waals surface area contributed by atoms with Gasteiger partial charge in [-0.3, -0.25) is 0 Å². The van der Waals surface area contributed by atoms with Crippen LogP contribution in [0.2, 0.25) is 0 Å². The van der Waals surface area contributed by atoms with Crippen LogP contribution in [0, 0.1) is 5.92 Å². The molecule has 1 aliphatic rings. The molecule has 0 heterocycles. The third kappa shape index (κ3) is 5.44. The molecule has 1 fully saturated rings. The van der Waals surface area contributed by atoms with Crippen molar-refractivity contribution >= 4 is 31.9 Å². The lowest BCUT2D eigenvalue weighted by Gasteiger charge is -2.21. The second-order valence-corrected chi connectivity index (χ2v) is 6.90. The van der Waals surface area contributed by atoms with E-state index < -0.39 is 0 Å². The number of halogens is 2. The fourth-order valence-corrected chi connectivity index (χ4v) is 3.68. The fourth-order valence-electron chi connectivity index (χ4n) is 2.52. The molecule has 0 unspecified atom stereocenters. The van der Waals surface area contributed by atoms with E-state index in [1.807, 2.05) is 18.2 Å². The van der Waals surface area contributed by atoms with Gasteiger partial charge in [-0.2, -0.15) is 0 Å². The van der Waals surface area contributed by atoms with Gasteiger partial charge in [-0.25, -0.2) is 0 Å². The van der Waals surface area contributed by atoms with E-state index in [2.05, 4.69) is 37.2 Å². The Hall–Kier alpha value is -0.0600. The van der Waals surface area contributed by atoms with Crippen molar-refractivity contribution in [2.24, 2.45) is 5.92 Å². The molecule has 0 aliphatic heterocycles. The van der Waals surface area contributed by atoms with Crippen LogP contribution in [0.4, 0.5) is 0 Å². The molecule has 1 N–H and O–H groups in total. The van der Waals surface area contributed by atoms with Crippen molar-refractivity contribution in [2.45, 2.75) is 32.1 Å². The highest BCUT2D eigenvalue weighted by Crippen LogP contribution is 2.28. The fraction of sp³-hybridized carbons (Fsp3) is 0.600. The summed E-state index contributed by atoms with van der Waals surface area (Å²) in [7, 11) is 0. The maximum absolute atomic E-state index is 5.75. The second-order valence-electron chi connectivity index (χ2n) is 5.13. The molecule has 2 rings (SSSR count). The molecule has 1 aromatic rings. The van der Waals surface area contributed by atoms with Gasteiger partial charge in [-0.1, -0.05) is 35.2 Å². The van der Waals surface area contributed by atoms with E-state index in [9.17, 15) is 0 Å². The van der Waals surface area contributed by atoms with Gasteiger partial charge in [0.15, 0.2) is 0 Å². The highest BCUT2D eigenvalue weighted by atomic mass is 79.9. The summed E-state index contributed by atoms with van der Waals surface area (Å²) in [6.45, 7) is 2.77. The van der Waals surface area contributed by atoms with Gasteiger partial charge in [0.25, 0.3) is 0 Å². The van der Waals surface area contributed by atoms with Crippen molar-refractivity contribution in [2.75, 3.05) is 19.7 Å². The lowest BCUT2D eigenvalue weighted by molar-refractivity contribution is 0.293.